The zero-order valence-electron chi connectivity index (χ0n) is 10.1. The van der Waals surface area contributed by atoms with Crippen LogP contribution in [0, 0.1) is 18.6 Å². The molecule has 0 bridgehead atoms. The topological polar surface area (TPSA) is 0 Å². The Morgan fingerprint density at radius 2 is 1.28 bits per heavy atom. The average molecular weight is 248 g/mol. The third-order valence-electron chi connectivity index (χ3n) is 3.31. The van der Waals surface area contributed by atoms with Crippen LogP contribution in [-0.4, -0.2) is 0 Å². The highest BCUT2D eigenvalue weighted by Crippen LogP contribution is 2.37. The van der Waals surface area contributed by atoms with Gasteiger partial charge in [-0.25, -0.2) is 0 Å². The summed E-state index contributed by atoms with van der Waals surface area (Å²) in [6.45, 7) is 2.18. The van der Waals surface area contributed by atoms with E-state index in [4.69, 9.17) is 6.42 Å². The third kappa shape index (κ3) is 1.58. The number of benzene rings is 3. The van der Waals surface area contributed by atoms with Gasteiger partial charge in [0.1, 0.15) is 0 Å². The molecule has 1 heteroatoms. The molecule has 0 nitrogen and oxygen atoms in total. The van der Waals surface area contributed by atoms with Crippen molar-refractivity contribution in [2.75, 3.05) is 0 Å². The van der Waals surface area contributed by atoms with Crippen LogP contribution in [0.4, 0.5) is 0 Å². The fraction of sp³-hybridized carbons (Fsp3) is 0.0588. The zero-order chi connectivity index (χ0) is 12.5. The molecule has 0 aromatic heterocycles. The molecule has 3 aromatic carbocycles. The number of terminal acetylenes is 1. The Morgan fingerprint density at radius 3 is 1.72 bits per heavy atom. The second-order valence-electron chi connectivity index (χ2n) is 4.27. The standard InChI is InChI=1S/C17H12S/c1-3-18-17-15-10-6-4-8-13(15)12(2)14-9-5-7-11-16(14)17/h1,4-11H,2H3. The summed E-state index contributed by atoms with van der Waals surface area (Å²) in [7, 11) is 0. The smallest absolute Gasteiger partial charge is 0.0360 e. The molecule has 0 unspecified atom stereocenters. The lowest BCUT2D eigenvalue weighted by atomic mass is 9.98. The van der Waals surface area contributed by atoms with Gasteiger partial charge in [-0.2, -0.15) is 0 Å². The van der Waals surface area contributed by atoms with Crippen molar-refractivity contribution in [3.05, 3.63) is 54.1 Å². The Morgan fingerprint density at radius 1 is 0.833 bits per heavy atom. The van der Waals surface area contributed by atoms with Gasteiger partial charge < -0.3 is 0 Å². The van der Waals surface area contributed by atoms with Crippen molar-refractivity contribution in [3.8, 4) is 11.7 Å². The molecule has 0 saturated carbocycles. The van der Waals surface area contributed by atoms with Crippen molar-refractivity contribution in [1.29, 1.82) is 0 Å². The minimum absolute atomic E-state index is 1.19. The van der Waals surface area contributed by atoms with E-state index >= 15 is 0 Å². The van der Waals surface area contributed by atoms with Crippen molar-refractivity contribution in [1.82, 2.24) is 0 Å². The van der Waals surface area contributed by atoms with Gasteiger partial charge in [0, 0.05) is 4.90 Å². The third-order valence-corrected chi connectivity index (χ3v) is 4.07. The van der Waals surface area contributed by atoms with E-state index in [1.54, 1.807) is 0 Å². The molecule has 0 heterocycles. The first kappa shape index (κ1) is 11.2. The fourth-order valence-electron chi connectivity index (χ4n) is 2.48. The van der Waals surface area contributed by atoms with Crippen LogP contribution in [-0.2, 0) is 0 Å². The largest absolute Gasteiger partial charge is 0.108 e. The number of hydrogen-bond donors (Lipinski definition) is 0. The summed E-state index contributed by atoms with van der Waals surface area (Å²) in [5.74, 6) is 0. The van der Waals surface area contributed by atoms with Crippen LogP contribution in [0.25, 0.3) is 21.5 Å². The molecule has 0 aliphatic carbocycles. The van der Waals surface area contributed by atoms with Gasteiger partial charge in [0.25, 0.3) is 0 Å². The van der Waals surface area contributed by atoms with Crippen LogP contribution in [0.2, 0.25) is 0 Å². The van der Waals surface area contributed by atoms with Crippen molar-refractivity contribution in [2.24, 2.45) is 0 Å². The summed E-state index contributed by atoms with van der Waals surface area (Å²) in [6.07, 6.45) is 5.49. The Kier molecular flexibility index (Phi) is 2.74. The van der Waals surface area contributed by atoms with Crippen LogP contribution in [0.5, 0.6) is 0 Å². The lowest BCUT2D eigenvalue weighted by Gasteiger charge is -2.12. The molecular weight excluding hydrogens is 236 g/mol. The molecule has 3 rings (SSSR count). The summed E-state index contributed by atoms with van der Waals surface area (Å²) in [5, 5.41) is 7.77. The molecule has 3 aromatic rings. The molecule has 0 fully saturated rings. The minimum atomic E-state index is 1.19. The molecule has 0 radical (unpaired) electrons. The van der Waals surface area contributed by atoms with E-state index in [1.807, 2.05) is 0 Å². The first-order chi connectivity index (χ1) is 8.83. The lowest BCUT2D eigenvalue weighted by molar-refractivity contribution is 1.53. The van der Waals surface area contributed by atoms with Gasteiger partial charge in [0.05, 0.1) is 0 Å². The first-order valence-electron chi connectivity index (χ1n) is 5.85. The van der Waals surface area contributed by atoms with E-state index in [1.165, 1.54) is 43.8 Å². The van der Waals surface area contributed by atoms with E-state index in [9.17, 15) is 0 Å². The number of aryl methyl sites for hydroxylation is 1. The molecule has 0 N–H and O–H groups in total. The van der Waals surface area contributed by atoms with E-state index in [0.717, 1.165) is 0 Å². The van der Waals surface area contributed by atoms with Crippen molar-refractivity contribution in [2.45, 2.75) is 11.8 Å². The zero-order valence-corrected chi connectivity index (χ0v) is 10.9. The molecule has 86 valence electrons. The Balaban J connectivity index is 2.59. The van der Waals surface area contributed by atoms with Crippen molar-refractivity contribution < 1.29 is 0 Å². The maximum absolute atomic E-state index is 5.49. The van der Waals surface area contributed by atoms with Crippen LogP contribution < -0.4 is 0 Å². The van der Waals surface area contributed by atoms with Gasteiger partial charge in [-0.15, -0.1) is 6.42 Å². The van der Waals surface area contributed by atoms with Gasteiger partial charge in [-0.1, -0.05) is 48.5 Å². The van der Waals surface area contributed by atoms with E-state index < -0.39 is 0 Å². The fourth-order valence-corrected chi connectivity index (χ4v) is 3.17. The molecule has 0 aliphatic heterocycles. The molecule has 18 heavy (non-hydrogen) atoms. The molecular formula is C17H12S. The van der Waals surface area contributed by atoms with Crippen LogP contribution >= 0.6 is 11.8 Å². The highest BCUT2D eigenvalue weighted by molar-refractivity contribution is 8.04. The number of rotatable bonds is 1. The van der Waals surface area contributed by atoms with Crippen molar-refractivity contribution >= 4 is 33.3 Å². The maximum Gasteiger partial charge on any atom is 0.0360 e. The van der Waals surface area contributed by atoms with Gasteiger partial charge in [-0.3, -0.25) is 0 Å². The normalized spacial score (nSPS) is 10.7. The molecule has 0 amide bonds. The predicted octanol–water partition coefficient (Wildman–Crippen LogP) is 4.98. The summed E-state index contributed by atoms with van der Waals surface area (Å²) < 4.78 is 0. The van der Waals surface area contributed by atoms with E-state index in [0.29, 0.717) is 0 Å². The monoisotopic (exact) mass is 248 g/mol. The number of hydrogen-bond acceptors (Lipinski definition) is 1. The molecule has 0 spiro atoms. The van der Waals surface area contributed by atoms with Gasteiger partial charge in [0.2, 0.25) is 0 Å². The molecule has 0 aliphatic rings. The highest BCUT2D eigenvalue weighted by Gasteiger charge is 2.10. The van der Waals surface area contributed by atoms with Gasteiger partial charge in [-0.05, 0) is 51.0 Å². The SMILES string of the molecule is C#CSc1c2ccccc2c(C)c2ccccc12. The summed E-state index contributed by atoms with van der Waals surface area (Å²) >= 11 is 1.47. The predicted molar refractivity (Wildman–Crippen MR) is 80.9 cm³/mol. The average Bonchev–Trinajstić information content (AvgIpc) is 2.43. The second-order valence-corrected chi connectivity index (χ2v) is 5.11. The minimum Gasteiger partial charge on any atom is -0.108 e. The summed E-state index contributed by atoms with van der Waals surface area (Å²) in [4.78, 5) is 1.19. The summed E-state index contributed by atoms with van der Waals surface area (Å²) in [6, 6.07) is 16.9. The quantitative estimate of drug-likeness (QED) is 0.332. The van der Waals surface area contributed by atoms with E-state index in [2.05, 4.69) is 60.7 Å². The van der Waals surface area contributed by atoms with Gasteiger partial charge >= 0.3 is 0 Å². The molecule has 0 saturated heterocycles. The lowest BCUT2D eigenvalue weighted by Crippen LogP contribution is -1.86. The second kappa shape index (κ2) is 4.40. The van der Waals surface area contributed by atoms with E-state index in [-0.39, 0.29) is 0 Å². The van der Waals surface area contributed by atoms with Crippen LogP contribution in [0.15, 0.2) is 53.4 Å². The number of thioether (sulfide) groups is 1. The highest BCUT2D eigenvalue weighted by atomic mass is 32.2. The van der Waals surface area contributed by atoms with Gasteiger partial charge in [0.15, 0.2) is 0 Å². The molecule has 0 atom stereocenters. The first-order valence-corrected chi connectivity index (χ1v) is 6.67. The Hall–Kier alpha value is -1.91. The Bertz CT molecular complexity index is 722. The van der Waals surface area contributed by atoms with Crippen LogP contribution in [0.1, 0.15) is 5.56 Å². The van der Waals surface area contributed by atoms with Crippen molar-refractivity contribution in [3.63, 3.8) is 0 Å². The maximum atomic E-state index is 5.49. The van der Waals surface area contributed by atoms with Crippen LogP contribution in [0.3, 0.4) is 0 Å². The summed E-state index contributed by atoms with van der Waals surface area (Å²) in [5.41, 5.74) is 1.32. The Labute approximate surface area is 111 Å². The number of fused-ring (bicyclic) bond motifs is 2.